The van der Waals surface area contributed by atoms with E-state index in [0.29, 0.717) is 0 Å². The van der Waals surface area contributed by atoms with Gasteiger partial charge in [-0.15, -0.1) is 0 Å². The Morgan fingerprint density at radius 2 is 1.50 bits per heavy atom. The highest BCUT2D eigenvalue weighted by Gasteiger charge is 2.63. The lowest BCUT2D eigenvalue weighted by Crippen LogP contribution is -2.64. The van der Waals surface area contributed by atoms with E-state index in [1.165, 1.54) is 19.1 Å². The summed E-state index contributed by atoms with van der Waals surface area (Å²) < 4.78 is 59.3. The summed E-state index contributed by atoms with van der Waals surface area (Å²) in [4.78, 5) is 30.7. The van der Waals surface area contributed by atoms with Crippen molar-refractivity contribution in [2.45, 2.75) is 57.2 Å². The number of fused-ring (bicyclic) bond motifs is 6. The van der Waals surface area contributed by atoms with Crippen molar-refractivity contribution in [3.63, 3.8) is 0 Å². The normalized spacial score (nSPS) is 27.0. The van der Waals surface area contributed by atoms with Crippen LogP contribution in [0.25, 0.3) is 0 Å². The van der Waals surface area contributed by atoms with Crippen molar-refractivity contribution < 1.29 is 47.2 Å². The molecule has 2 heterocycles. The van der Waals surface area contributed by atoms with Crippen molar-refractivity contribution in [3.05, 3.63) is 57.6 Å². The van der Waals surface area contributed by atoms with E-state index in [0.717, 1.165) is 0 Å². The number of nitrogens with zero attached hydrogens (tertiary/aromatic N) is 1. The molecule has 11 heteroatoms. The molecule has 4 aliphatic rings. The Morgan fingerprint density at radius 3 is 2.05 bits per heavy atom. The third-order valence-corrected chi connectivity index (χ3v) is 7.91. The van der Waals surface area contributed by atoms with Crippen LogP contribution < -0.4 is 0 Å². The van der Waals surface area contributed by atoms with E-state index in [-0.39, 0.29) is 48.3 Å². The van der Waals surface area contributed by atoms with E-state index in [9.17, 15) is 33.0 Å². The number of aliphatic imine (C=N–C) groups is 1. The number of rotatable bonds is 1. The standard InChI is InChI=1S/C27H24F3NO7/c1-24(2)10-36-25(3,37-11-24)26-8-14-16(15(9-26)38-23(31-26)27(28,29)30)22(35)18-17(21(14)34)19(32)12-6-4-5-7-13(12)20(18)33/h4-7,15,34-35H,8-11H2,1-3H3/t15-,26-/m0/s1. The van der Waals surface area contributed by atoms with Gasteiger partial charge in [0.25, 0.3) is 5.90 Å². The van der Waals surface area contributed by atoms with Gasteiger partial charge in [-0.05, 0) is 6.92 Å². The lowest BCUT2D eigenvalue weighted by atomic mass is 9.68. The molecule has 8 nitrogen and oxygen atoms in total. The molecule has 0 unspecified atom stereocenters. The minimum Gasteiger partial charge on any atom is -0.507 e. The summed E-state index contributed by atoms with van der Waals surface area (Å²) in [5.41, 5.74) is -3.15. The minimum absolute atomic E-state index is 0.0195. The largest absolute Gasteiger partial charge is 0.507 e. The van der Waals surface area contributed by atoms with Crippen LogP contribution in [-0.4, -0.2) is 58.4 Å². The first kappa shape index (κ1) is 24.9. The molecule has 2 atom stereocenters. The maximum Gasteiger partial charge on any atom is 0.468 e. The predicted molar refractivity (Wildman–Crippen MR) is 126 cm³/mol. The number of carbonyl (C=O) groups excluding carboxylic acids is 2. The minimum atomic E-state index is -4.97. The monoisotopic (exact) mass is 531 g/mol. The van der Waals surface area contributed by atoms with Crippen molar-refractivity contribution in [2.75, 3.05) is 13.2 Å². The fourth-order valence-electron chi connectivity index (χ4n) is 5.82. The second kappa shape index (κ2) is 7.57. The van der Waals surface area contributed by atoms with Crippen LogP contribution in [0.3, 0.4) is 0 Å². The molecular formula is C27H24F3NO7. The molecule has 38 heavy (non-hydrogen) atoms. The van der Waals surface area contributed by atoms with Gasteiger partial charge in [-0.3, -0.25) is 9.59 Å². The molecule has 6 rings (SSSR count). The fraction of sp³-hybridized carbons (Fsp3) is 0.444. The second-order valence-corrected chi connectivity index (χ2v) is 11.2. The van der Waals surface area contributed by atoms with Gasteiger partial charge in [0.05, 0.1) is 24.3 Å². The number of benzene rings is 2. The Morgan fingerprint density at radius 1 is 0.947 bits per heavy atom. The molecule has 2 aliphatic carbocycles. The van der Waals surface area contributed by atoms with E-state index in [1.807, 2.05) is 13.8 Å². The first-order valence-electron chi connectivity index (χ1n) is 12.1. The van der Waals surface area contributed by atoms with Gasteiger partial charge in [0.15, 0.2) is 17.4 Å². The molecule has 2 aromatic carbocycles. The van der Waals surface area contributed by atoms with Crippen molar-refractivity contribution in [3.8, 4) is 11.5 Å². The van der Waals surface area contributed by atoms with E-state index in [4.69, 9.17) is 14.2 Å². The van der Waals surface area contributed by atoms with Crippen LogP contribution in [0.5, 0.6) is 11.5 Å². The molecule has 0 radical (unpaired) electrons. The molecule has 2 bridgehead atoms. The van der Waals surface area contributed by atoms with Gasteiger partial charge >= 0.3 is 6.18 Å². The van der Waals surface area contributed by atoms with Crippen LogP contribution in [0.15, 0.2) is 29.3 Å². The Kier molecular flexibility index (Phi) is 4.95. The maximum absolute atomic E-state index is 14.0. The molecule has 0 aromatic heterocycles. The molecule has 0 spiro atoms. The zero-order valence-electron chi connectivity index (χ0n) is 20.7. The highest BCUT2D eigenvalue weighted by atomic mass is 19.4. The third-order valence-electron chi connectivity index (χ3n) is 7.91. The lowest BCUT2D eigenvalue weighted by molar-refractivity contribution is -0.323. The zero-order chi connectivity index (χ0) is 27.4. The van der Waals surface area contributed by atoms with E-state index in [1.54, 1.807) is 12.1 Å². The number of hydrogen-bond acceptors (Lipinski definition) is 8. The van der Waals surface area contributed by atoms with Crippen LogP contribution in [0, 0.1) is 5.41 Å². The molecule has 1 saturated heterocycles. The Balaban J connectivity index is 1.57. The van der Waals surface area contributed by atoms with Crippen molar-refractivity contribution in [2.24, 2.45) is 10.4 Å². The summed E-state index contributed by atoms with van der Waals surface area (Å²) in [5.74, 6) is -5.89. The molecule has 2 aliphatic heterocycles. The summed E-state index contributed by atoms with van der Waals surface area (Å²) in [6.07, 6.45) is -6.99. The Bertz CT molecular complexity index is 1450. The number of halogens is 3. The van der Waals surface area contributed by atoms with Crippen molar-refractivity contribution >= 4 is 17.5 Å². The highest BCUT2D eigenvalue weighted by Crippen LogP contribution is 2.57. The van der Waals surface area contributed by atoms with Gasteiger partial charge in [0.2, 0.25) is 0 Å². The molecule has 1 fully saturated rings. The number of alkyl halides is 3. The van der Waals surface area contributed by atoms with E-state index in [2.05, 4.69) is 4.99 Å². The van der Waals surface area contributed by atoms with E-state index >= 15 is 0 Å². The summed E-state index contributed by atoms with van der Waals surface area (Å²) in [6.45, 7) is 5.60. The average Bonchev–Trinajstić information content (AvgIpc) is 2.85. The van der Waals surface area contributed by atoms with E-state index < -0.39 is 69.1 Å². The van der Waals surface area contributed by atoms with Gasteiger partial charge < -0.3 is 24.4 Å². The molecule has 200 valence electrons. The summed E-state index contributed by atoms with van der Waals surface area (Å²) in [6, 6.07) is 5.94. The lowest BCUT2D eigenvalue weighted by Gasteiger charge is -2.54. The first-order valence-corrected chi connectivity index (χ1v) is 12.1. The van der Waals surface area contributed by atoms with Gasteiger partial charge in [0, 0.05) is 40.5 Å². The molecular weight excluding hydrogens is 507 g/mol. The van der Waals surface area contributed by atoms with Gasteiger partial charge in [-0.25, -0.2) is 4.99 Å². The summed E-state index contributed by atoms with van der Waals surface area (Å²) >= 11 is 0. The van der Waals surface area contributed by atoms with Crippen LogP contribution in [0.4, 0.5) is 13.2 Å². The molecule has 2 N–H and O–H groups in total. The smallest absolute Gasteiger partial charge is 0.468 e. The van der Waals surface area contributed by atoms with Crippen molar-refractivity contribution in [1.82, 2.24) is 0 Å². The zero-order valence-corrected chi connectivity index (χ0v) is 20.7. The van der Waals surface area contributed by atoms with Crippen LogP contribution >= 0.6 is 0 Å². The summed E-state index contributed by atoms with van der Waals surface area (Å²) in [5, 5.41) is 22.7. The quantitative estimate of drug-likeness (QED) is 0.448. The maximum atomic E-state index is 14.0. The number of phenols is 2. The summed E-state index contributed by atoms with van der Waals surface area (Å²) in [7, 11) is 0. The Hall–Kier alpha value is -3.44. The predicted octanol–water partition coefficient (Wildman–Crippen LogP) is 4.38. The molecule has 0 saturated carbocycles. The van der Waals surface area contributed by atoms with Gasteiger partial charge in [-0.1, -0.05) is 38.1 Å². The number of hydrogen-bond donors (Lipinski definition) is 2. The Labute approximate surface area is 215 Å². The van der Waals surface area contributed by atoms with Gasteiger partial charge in [0.1, 0.15) is 23.1 Å². The molecule has 0 amide bonds. The number of ketones is 2. The first-order chi connectivity index (χ1) is 17.7. The number of carbonyl (C=O) groups is 2. The van der Waals surface area contributed by atoms with Gasteiger partial charge in [-0.2, -0.15) is 13.2 Å². The number of ether oxygens (including phenoxy) is 3. The van der Waals surface area contributed by atoms with Crippen molar-refractivity contribution in [1.29, 1.82) is 0 Å². The topological polar surface area (TPSA) is 115 Å². The number of aromatic hydroxyl groups is 2. The van der Waals surface area contributed by atoms with Crippen LogP contribution in [-0.2, 0) is 20.6 Å². The SMILES string of the molecule is CC1(C)COC(C)([C@]23Cc4c(O)c5c(c(O)c4[C@H](C2)OC(C(F)(F)F)=N3)C(=O)c2ccccc2C5=O)OC1. The highest BCUT2D eigenvalue weighted by molar-refractivity contribution is 6.30. The fourth-order valence-corrected chi connectivity index (χ4v) is 5.82. The molecule has 2 aromatic rings. The third kappa shape index (κ3) is 3.27. The van der Waals surface area contributed by atoms with Crippen LogP contribution in [0.1, 0.15) is 76.3 Å². The number of phenolic OH excluding ortho intramolecular Hbond substituents is 2. The second-order valence-electron chi connectivity index (χ2n) is 11.2. The average molecular weight is 531 g/mol. The van der Waals surface area contributed by atoms with Crippen LogP contribution in [0.2, 0.25) is 0 Å².